The Hall–Kier alpha value is -2.11. The summed E-state index contributed by atoms with van der Waals surface area (Å²) in [7, 11) is 0. The lowest BCUT2D eigenvalue weighted by atomic mass is 10.4. The van der Waals surface area contributed by atoms with Crippen molar-refractivity contribution in [2.45, 2.75) is 0 Å². The average Bonchev–Trinajstić information content (AvgIpc) is 2.63. The van der Waals surface area contributed by atoms with Gasteiger partial charge in [-0.3, -0.25) is 9.89 Å². The van der Waals surface area contributed by atoms with Crippen LogP contribution in [0, 0.1) is 0 Å². The summed E-state index contributed by atoms with van der Waals surface area (Å²) in [6.45, 7) is 7.97. The molecule has 1 aromatic rings. The van der Waals surface area contributed by atoms with E-state index in [9.17, 15) is 4.79 Å². The fraction of sp³-hybridized carbons (Fsp3) is 0.222. The van der Waals surface area contributed by atoms with Crippen LogP contribution in [0.15, 0.2) is 25.3 Å². The van der Waals surface area contributed by atoms with E-state index in [2.05, 4.69) is 28.3 Å². The Labute approximate surface area is 87.5 Å². The van der Waals surface area contributed by atoms with E-state index in [1.807, 2.05) is 0 Å². The number of carbonyl (C=O) groups excluding carboxylic acids is 1. The fourth-order valence-corrected chi connectivity index (χ4v) is 1.07. The van der Waals surface area contributed by atoms with Gasteiger partial charge in [-0.15, -0.1) is 18.3 Å². The number of hydrogen-bond donors (Lipinski definition) is 2. The first-order chi connectivity index (χ1) is 7.19. The number of H-pyrrole nitrogens is 1. The minimum Gasteiger partial charge on any atom is -0.366 e. The SMILES string of the molecule is C=CCN(CC=C)C(=O)c1nc(N)n[nH]1. The van der Waals surface area contributed by atoms with Crippen LogP contribution in [0.25, 0.3) is 0 Å². The van der Waals surface area contributed by atoms with Gasteiger partial charge in [0.05, 0.1) is 0 Å². The van der Waals surface area contributed by atoms with Crippen LogP contribution in [-0.4, -0.2) is 39.1 Å². The first-order valence-electron chi connectivity index (χ1n) is 4.38. The van der Waals surface area contributed by atoms with E-state index in [1.165, 1.54) is 4.90 Å². The van der Waals surface area contributed by atoms with Crippen molar-refractivity contribution >= 4 is 11.9 Å². The Balaban J connectivity index is 2.79. The van der Waals surface area contributed by atoms with Gasteiger partial charge in [-0.1, -0.05) is 12.2 Å². The van der Waals surface area contributed by atoms with Crippen molar-refractivity contribution in [3.05, 3.63) is 31.1 Å². The normalized spacial score (nSPS) is 9.60. The van der Waals surface area contributed by atoms with Crippen molar-refractivity contribution in [1.82, 2.24) is 20.1 Å². The Morgan fingerprint density at radius 1 is 1.47 bits per heavy atom. The van der Waals surface area contributed by atoms with Crippen LogP contribution in [0.3, 0.4) is 0 Å². The summed E-state index contributed by atoms with van der Waals surface area (Å²) in [4.78, 5) is 17.0. The lowest BCUT2D eigenvalue weighted by molar-refractivity contribution is 0.0779. The third-order valence-corrected chi connectivity index (χ3v) is 1.69. The lowest BCUT2D eigenvalue weighted by Crippen LogP contribution is -2.32. The van der Waals surface area contributed by atoms with E-state index >= 15 is 0 Å². The molecule has 0 aromatic carbocycles. The van der Waals surface area contributed by atoms with Crippen molar-refractivity contribution < 1.29 is 4.79 Å². The number of nitrogens with two attached hydrogens (primary N) is 1. The zero-order chi connectivity index (χ0) is 11.3. The van der Waals surface area contributed by atoms with Crippen LogP contribution in [0.2, 0.25) is 0 Å². The van der Waals surface area contributed by atoms with Crippen LogP contribution in [-0.2, 0) is 0 Å². The van der Waals surface area contributed by atoms with Gasteiger partial charge in [-0.2, -0.15) is 4.98 Å². The standard InChI is InChI=1S/C9H13N5O/c1-3-5-14(6-4-2)8(15)7-11-9(10)13-12-7/h3-4H,1-2,5-6H2,(H3,10,11,12,13). The van der Waals surface area contributed by atoms with Gasteiger partial charge in [0.1, 0.15) is 0 Å². The van der Waals surface area contributed by atoms with Gasteiger partial charge >= 0.3 is 0 Å². The Kier molecular flexibility index (Phi) is 3.61. The monoisotopic (exact) mass is 207 g/mol. The average molecular weight is 207 g/mol. The number of rotatable bonds is 5. The maximum Gasteiger partial charge on any atom is 0.291 e. The van der Waals surface area contributed by atoms with Gasteiger partial charge in [-0.05, 0) is 0 Å². The number of anilines is 1. The first-order valence-corrected chi connectivity index (χ1v) is 4.38. The molecule has 1 heterocycles. The highest BCUT2D eigenvalue weighted by molar-refractivity contribution is 5.90. The minimum atomic E-state index is -0.279. The van der Waals surface area contributed by atoms with Crippen LogP contribution in [0.5, 0.6) is 0 Å². The molecule has 15 heavy (non-hydrogen) atoms. The zero-order valence-corrected chi connectivity index (χ0v) is 8.31. The zero-order valence-electron chi connectivity index (χ0n) is 8.31. The van der Waals surface area contributed by atoms with Gasteiger partial charge in [0.25, 0.3) is 5.91 Å². The van der Waals surface area contributed by atoms with Crippen molar-refractivity contribution in [2.24, 2.45) is 0 Å². The summed E-state index contributed by atoms with van der Waals surface area (Å²) in [6.07, 6.45) is 3.25. The Morgan fingerprint density at radius 3 is 2.47 bits per heavy atom. The predicted molar refractivity (Wildman–Crippen MR) is 57.1 cm³/mol. The van der Waals surface area contributed by atoms with E-state index in [4.69, 9.17) is 5.73 Å². The summed E-state index contributed by atoms with van der Waals surface area (Å²) >= 11 is 0. The number of nitrogens with one attached hydrogen (secondary N) is 1. The molecule has 3 N–H and O–H groups in total. The molecular weight excluding hydrogens is 194 g/mol. The van der Waals surface area contributed by atoms with Crippen molar-refractivity contribution in [3.8, 4) is 0 Å². The topological polar surface area (TPSA) is 87.9 Å². The maximum atomic E-state index is 11.8. The van der Waals surface area contributed by atoms with Crippen LogP contribution >= 0.6 is 0 Å². The van der Waals surface area contributed by atoms with Crippen molar-refractivity contribution in [1.29, 1.82) is 0 Å². The van der Waals surface area contributed by atoms with Gasteiger partial charge in [-0.25, -0.2) is 0 Å². The molecule has 1 amide bonds. The third-order valence-electron chi connectivity index (χ3n) is 1.69. The number of nitrogens with zero attached hydrogens (tertiary/aromatic N) is 3. The summed E-state index contributed by atoms with van der Waals surface area (Å²) in [6, 6.07) is 0. The fourth-order valence-electron chi connectivity index (χ4n) is 1.07. The van der Waals surface area contributed by atoms with E-state index in [0.717, 1.165) is 0 Å². The summed E-state index contributed by atoms with van der Waals surface area (Å²) in [5.41, 5.74) is 5.30. The Bertz CT molecular complexity index is 360. The Morgan fingerprint density at radius 2 is 2.07 bits per heavy atom. The molecule has 0 atom stereocenters. The molecule has 0 unspecified atom stereocenters. The predicted octanol–water partition coefficient (Wildman–Crippen LogP) is 0.201. The van der Waals surface area contributed by atoms with Crippen LogP contribution in [0.4, 0.5) is 5.95 Å². The molecule has 0 radical (unpaired) electrons. The second kappa shape index (κ2) is 4.94. The number of aromatic amines is 1. The highest BCUT2D eigenvalue weighted by atomic mass is 16.2. The molecule has 0 spiro atoms. The van der Waals surface area contributed by atoms with E-state index in [0.29, 0.717) is 13.1 Å². The molecule has 1 rings (SSSR count). The molecule has 0 aliphatic rings. The molecule has 0 saturated carbocycles. The smallest absolute Gasteiger partial charge is 0.291 e. The number of nitrogen functional groups attached to an aromatic ring is 1. The molecule has 0 fully saturated rings. The van der Waals surface area contributed by atoms with E-state index < -0.39 is 0 Å². The van der Waals surface area contributed by atoms with Crippen molar-refractivity contribution in [2.75, 3.05) is 18.8 Å². The third kappa shape index (κ3) is 2.67. The molecule has 0 aliphatic carbocycles. The highest BCUT2D eigenvalue weighted by Crippen LogP contribution is 2.00. The van der Waals surface area contributed by atoms with E-state index in [1.54, 1.807) is 12.2 Å². The summed E-state index contributed by atoms with van der Waals surface area (Å²) < 4.78 is 0. The van der Waals surface area contributed by atoms with Crippen LogP contribution in [0.1, 0.15) is 10.6 Å². The van der Waals surface area contributed by atoms with Gasteiger partial charge in [0, 0.05) is 13.1 Å². The number of aromatic nitrogens is 3. The molecule has 1 aromatic heterocycles. The number of carbonyl (C=O) groups is 1. The van der Waals surface area contributed by atoms with E-state index in [-0.39, 0.29) is 17.7 Å². The largest absolute Gasteiger partial charge is 0.366 e. The second-order valence-corrected chi connectivity index (χ2v) is 2.83. The molecule has 6 heteroatoms. The minimum absolute atomic E-state index is 0.0514. The second-order valence-electron chi connectivity index (χ2n) is 2.83. The van der Waals surface area contributed by atoms with Gasteiger partial charge in [0.2, 0.25) is 11.8 Å². The molecule has 0 saturated heterocycles. The maximum absolute atomic E-state index is 11.8. The number of amides is 1. The summed E-state index contributed by atoms with van der Waals surface area (Å²) in [5, 5.41) is 6.04. The molecule has 80 valence electrons. The van der Waals surface area contributed by atoms with Crippen molar-refractivity contribution in [3.63, 3.8) is 0 Å². The first kappa shape index (κ1) is 11.0. The lowest BCUT2D eigenvalue weighted by Gasteiger charge is -2.17. The highest BCUT2D eigenvalue weighted by Gasteiger charge is 2.16. The van der Waals surface area contributed by atoms with Gasteiger partial charge < -0.3 is 10.6 Å². The summed E-state index contributed by atoms with van der Waals surface area (Å²) in [5.74, 6) is -0.106. The quantitative estimate of drug-likeness (QED) is 0.675. The molecular formula is C9H13N5O. The molecule has 0 aliphatic heterocycles. The number of hydrogen-bond acceptors (Lipinski definition) is 4. The van der Waals surface area contributed by atoms with Gasteiger partial charge in [0.15, 0.2) is 0 Å². The molecule has 6 nitrogen and oxygen atoms in total. The van der Waals surface area contributed by atoms with Crippen LogP contribution < -0.4 is 5.73 Å². The molecule has 0 bridgehead atoms.